The number of rotatable bonds is 6. The molecule has 2 N–H and O–H groups in total. The first kappa shape index (κ1) is 21.3. The Hall–Kier alpha value is -2.01. The number of para-hydroxylation sites is 2. The number of amides is 1. The van der Waals surface area contributed by atoms with Gasteiger partial charge in [-0.1, -0.05) is 36.4 Å². The quantitative estimate of drug-likeness (QED) is 0.726. The topological polar surface area (TPSA) is 81.9 Å². The highest BCUT2D eigenvalue weighted by atomic mass is 35.5. The molecule has 1 aliphatic heterocycles. The molecule has 0 aromatic heterocycles. The van der Waals surface area contributed by atoms with Crippen LogP contribution in [0, 0.1) is 0 Å². The Kier molecular flexibility index (Phi) is 7.31. The van der Waals surface area contributed by atoms with Crippen LogP contribution in [0.1, 0.15) is 19.8 Å². The molecule has 1 unspecified atom stereocenters. The van der Waals surface area contributed by atoms with Crippen molar-refractivity contribution in [2.45, 2.75) is 31.6 Å². The zero-order valence-electron chi connectivity index (χ0n) is 15.1. The average Bonchev–Trinajstić information content (AvgIpc) is 3.13. The summed E-state index contributed by atoms with van der Waals surface area (Å²) in [5.74, 6) is -0.0406. The van der Waals surface area contributed by atoms with E-state index in [9.17, 15) is 9.36 Å². The summed E-state index contributed by atoms with van der Waals surface area (Å²) in [4.78, 5) is 14.0. The van der Waals surface area contributed by atoms with Crippen LogP contribution in [0.2, 0.25) is 0 Å². The molecular formula is C19H24ClN2O4P. The van der Waals surface area contributed by atoms with Gasteiger partial charge in [-0.2, -0.15) is 0 Å². The van der Waals surface area contributed by atoms with E-state index in [1.807, 2.05) is 12.1 Å². The van der Waals surface area contributed by atoms with Gasteiger partial charge in [0.25, 0.3) is 0 Å². The lowest BCUT2D eigenvalue weighted by Crippen LogP contribution is -2.45. The molecule has 1 heterocycles. The number of carbonyl (C=O) groups is 1. The van der Waals surface area contributed by atoms with E-state index in [2.05, 4.69) is 0 Å². The molecule has 0 radical (unpaired) electrons. The molecule has 2 aromatic carbocycles. The second-order valence-electron chi connectivity index (χ2n) is 6.29. The van der Waals surface area contributed by atoms with Crippen LogP contribution in [0.25, 0.3) is 0 Å². The first-order valence-corrected chi connectivity index (χ1v) is 10.3. The van der Waals surface area contributed by atoms with Crippen LogP contribution in [0.5, 0.6) is 11.5 Å². The molecule has 1 fully saturated rings. The van der Waals surface area contributed by atoms with Crippen LogP contribution in [0.4, 0.5) is 0 Å². The van der Waals surface area contributed by atoms with E-state index < -0.39 is 19.4 Å². The first-order valence-electron chi connectivity index (χ1n) is 8.65. The summed E-state index contributed by atoms with van der Waals surface area (Å²) in [6, 6.07) is 17.1. The number of carbonyl (C=O) groups excluding carboxylic acids is 1. The Morgan fingerprint density at radius 3 is 2.00 bits per heavy atom. The van der Waals surface area contributed by atoms with Crippen molar-refractivity contribution >= 4 is 25.9 Å². The van der Waals surface area contributed by atoms with Gasteiger partial charge in [0, 0.05) is 6.54 Å². The van der Waals surface area contributed by atoms with Gasteiger partial charge in [-0.25, -0.2) is 4.57 Å². The fourth-order valence-electron chi connectivity index (χ4n) is 2.99. The number of hydrogen-bond acceptors (Lipinski definition) is 5. The number of benzene rings is 2. The minimum absolute atomic E-state index is 0. The van der Waals surface area contributed by atoms with Crippen LogP contribution in [-0.4, -0.2) is 29.2 Å². The molecule has 1 amide bonds. The zero-order chi connectivity index (χ0) is 18.6. The second-order valence-corrected chi connectivity index (χ2v) is 8.33. The van der Waals surface area contributed by atoms with E-state index >= 15 is 0 Å². The fraction of sp³-hybridized carbons (Fsp3) is 0.316. The summed E-state index contributed by atoms with van der Waals surface area (Å²) in [6.07, 6.45) is 1.26. The first-order chi connectivity index (χ1) is 12.5. The van der Waals surface area contributed by atoms with Crippen molar-refractivity contribution in [2.75, 3.05) is 6.54 Å². The number of nitrogens with zero attached hydrogens (tertiary/aromatic N) is 1. The standard InChI is InChI=1S/C19H23N2O4P.ClH/c1-15(20)19(22)21-14-8-13-18(21)26(23,24-16-9-4-2-5-10-16)25-17-11-6-3-7-12-17;/h2-7,9-12,15,18H,8,13-14,20H2,1H3;1H/t15-,18?;/m0./s1. The van der Waals surface area contributed by atoms with Gasteiger partial charge in [0.1, 0.15) is 11.5 Å². The van der Waals surface area contributed by atoms with Crippen LogP contribution in [-0.2, 0) is 9.36 Å². The van der Waals surface area contributed by atoms with Gasteiger partial charge in [0.2, 0.25) is 5.91 Å². The minimum atomic E-state index is -3.71. The van der Waals surface area contributed by atoms with Crippen molar-refractivity contribution in [1.29, 1.82) is 0 Å². The van der Waals surface area contributed by atoms with Crippen molar-refractivity contribution in [1.82, 2.24) is 4.90 Å². The van der Waals surface area contributed by atoms with E-state index in [0.29, 0.717) is 24.5 Å². The molecule has 8 heteroatoms. The van der Waals surface area contributed by atoms with Gasteiger partial charge in [-0.15, -0.1) is 12.4 Å². The number of nitrogens with two attached hydrogens (primary N) is 1. The maximum atomic E-state index is 13.8. The number of halogens is 1. The predicted octanol–water partition coefficient (Wildman–Crippen LogP) is 4.06. The molecule has 3 rings (SSSR count). The van der Waals surface area contributed by atoms with E-state index in [4.69, 9.17) is 14.8 Å². The monoisotopic (exact) mass is 410 g/mol. The highest BCUT2D eigenvalue weighted by molar-refractivity contribution is 7.55. The molecule has 1 aliphatic rings. The Labute approximate surface area is 165 Å². The van der Waals surface area contributed by atoms with E-state index in [-0.39, 0.29) is 18.3 Å². The SMILES string of the molecule is C[C@H](N)C(=O)N1CCCC1P(=O)(Oc1ccccc1)Oc1ccccc1.Cl. The molecular weight excluding hydrogens is 387 g/mol. The highest BCUT2D eigenvalue weighted by Crippen LogP contribution is 2.56. The maximum absolute atomic E-state index is 13.8. The van der Waals surface area contributed by atoms with Crippen molar-refractivity contribution in [2.24, 2.45) is 5.73 Å². The van der Waals surface area contributed by atoms with Gasteiger partial charge in [0.15, 0.2) is 5.78 Å². The average molecular weight is 411 g/mol. The fourth-order valence-corrected chi connectivity index (χ4v) is 5.17. The van der Waals surface area contributed by atoms with Gasteiger partial charge in [-0.05, 0) is 44.0 Å². The summed E-state index contributed by atoms with van der Waals surface area (Å²) < 4.78 is 25.5. The zero-order valence-corrected chi connectivity index (χ0v) is 16.8. The Morgan fingerprint density at radius 2 is 1.56 bits per heavy atom. The summed E-state index contributed by atoms with van der Waals surface area (Å²) in [5.41, 5.74) is 5.76. The third-order valence-corrected chi connectivity index (χ3v) is 6.41. The second kappa shape index (κ2) is 9.27. The number of likely N-dealkylation sites (tertiary alicyclic amines) is 1. The molecule has 0 spiro atoms. The molecule has 1 saturated heterocycles. The Balaban J connectivity index is 0.00000261. The molecule has 27 heavy (non-hydrogen) atoms. The maximum Gasteiger partial charge on any atom is 0.453 e. The van der Waals surface area contributed by atoms with E-state index in [1.54, 1.807) is 55.5 Å². The predicted molar refractivity (Wildman–Crippen MR) is 107 cm³/mol. The lowest BCUT2D eigenvalue weighted by Gasteiger charge is -2.31. The summed E-state index contributed by atoms with van der Waals surface area (Å²) >= 11 is 0. The molecule has 2 atom stereocenters. The lowest BCUT2D eigenvalue weighted by molar-refractivity contribution is -0.132. The van der Waals surface area contributed by atoms with Gasteiger partial charge in [0.05, 0.1) is 6.04 Å². The molecule has 6 nitrogen and oxygen atoms in total. The van der Waals surface area contributed by atoms with E-state index in [0.717, 1.165) is 6.42 Å². The number of hydrogen-bond donors (Lipinski definition) is 1. The third kappa shape index (κ3) is 5.04. The van der Waals surface area contributed by atoms with Gasteiger partial charge in [-0.3, -0.25) is 4.79 Å². The summed E-state index contributed by atoms with van der Waals surface area (Å²) in [6.45, 7) is 2.12. The minimum Gasteiger partial charge on any atom is -0.415 e. The summed E-state index contributed by atoms with van der Waals surface area (Å²) in [7, 11) is -3.71. The van der Waals surface area contributed by atoms with Crippen molar-refractivity contribution in [3.8, 4) is 11.5 Å². The Morgan fingerprint density at radius 1 is 1.07 bits per heavy atom. The largest absolute Gasteiger partial charge is 0.453 e. The van der Waals surface area contributed by atoms with Crippen LogP contribution in [0.15, 0.2) is 60.7 Å². The molecule has 146 valence electrons. The van der Waals surface area contributed by atoms with Crippen LogP contribution in [0.3, 0.4) is 0 Å². The smallest absolute Gasteiger partial charge is 0.415 e. The molecule has 0 saturated carbocycles. The molecule has 2 aromatic rings. The summed E-state index contributed by atoms with van der Waals surface area (Å²) in [5, 5.41) is 0. The van der Waals surface area contributed by atoms with Gasteiger partial charge >= 0.3 is 7.60 Å². The molecule has 0 bridgehead atoms. The van der Waals surface area contributed by atoms with Crippen molar-refractivity contribution in [3.63, 3.8) is 0 Å². The van der Waals surface area contributed by atoms with Crippen LogP contribution < -0.4 is 14.8 Å². The van der Waals surface area contributed by atoms with Crippen LogP contribution >= 0.6 is 20.0 Å². The van der Waals surface area contributed by atoms with Crippen molar-refractivity contribution in [3.05, 3.63) is 60.7 Å². The normalized spacial score (nSPS) is 17.7. The highest BCUT2D eigenvalue weighted by Gasteiger charge is 2.48. The lowest BCUT2D eigenvalue weighted by atomic mass is 10.3. The third-order valence-electron chi connectivity index (χ3n) is 4.21. The van der Waals surface area contributed by atoms with E-state index in [1.165, 1.54) is 4.90 Å². The van der Waals surface area contributed by atoms with Gasteiger partial charge < -0.3 is 19.7 Å². The van der Waals surface area contributed by atoms with Crippen molar-refractivity contribution < 1.29 is 18.4 Å². The Bertz CT molecular complexity index is 743. The molecule has 0 aliphatic carbocycles.